The van der Waals surface area contributed by atoms with E-state index in [1.165, 1.54) is 44.9 Å². The second kappa shape index (κ2) is 15.8. The molecule has 0 saturated heterocycles. The Labute approximate surface area is 180 Å². The molecule has 2 aromatic rings. The molecule has 160 valence electrons. The van der Waals surface area contributed by atoms with E-state index >= 15 is 0 Å². The van der Waals surface area contributed by atoms with E-state index in [9.17, 15) is 0 Å². The van der Waals surface area contributed by atoms with Crippen molar-refractivity contribution in [2.45, 2.75) is 57.8 Å². The minimum Gasteiger partial charge on any atom is -0.494 e. The Morgan fingerprint density at radius 2 is 1.50 bits per heavy atom. The van der Waals surface area contributed by atoms with E-state index in [2.05, 4.69) is 20.6 Å². The highest BCUT2D eigenvalue weighted by Crippen LogP contribution is 2.12. The number of pyridine rings is 1. The van der Waals surface area contributed by atoms with Crippen molar-refractivity contribution in [1.82, 2.24) is 10.3 Å². The smallest absolute Gasteiger partial charge is 0.209 e. The molecular weight excluding hydrogens is 374 g/mol. The molecule has 0 unspecified atom stereocenters. The molecule has 2 N–H and O–H groups in total. The van der Waals surface area contributed by atoms with Crippen LogP contribution in [0.15, 0.2) is 59.9 Å². The Morgan fingerprint density at radius 1 is 0.867 bits per heavy atom. The van der Waals surface area contributed by atoms with Gasteiger partial charge in [0.2, 0.25) is 5.96 Å². The summed E-state index contributed by atoms with van der Waals surface area (Å²) in [6.45, 7) is 1.52. The number of para-hydroxylation sites is 1. The molecule has 0 amide bonds. The van der Waals surface area contributed by atoms with Crippen LogP contribution in [0.3, 0.4) is 0 Å². The van der Waals surface area contributed by atoms with Crippen molar-refractivity contribution >= 4 is 11.6 Å². The molecule has 30 heavy (non-hydrogen) atoms. The number of guanidine groups is 1. The minimum atomic E-state index is 0.486. The Bertz CT molecular complexity index is 743. The first kappa shape index (κ1) is 23.2. The first-order valence-electron chi connectivity index (χ1n) is 10.9. The van der Waals surface area contributed by atoms with Crippen LogP contribution in [0, 0.1) is 11.5 Å². The first-order chi connectivity index (χ1) is 14.9. The molecule has 0 aliphatic carbocycles. The number of hydrogen-bond acceptors (Lipinski definition) is 4. The average molecular weight is 408 g/mol. The maximum absolute atomic E-state index is 8.86. The van der Waals surface area contributed by atoms with Gasteiger partial charge < -0.3 is 10.1 Å². The van der Waals surface area contributed by atoms with Crippen LogP contribution in [-0.2, 0) is 0 Å². The molecule has 0 aliphatic rings. The number of benzene rings is 1. The molecule has 6 nitrogen and oxygen atoms in total. The third kappa shape index (κ3) is 11.1. The van der Waals surface area contributed by atoms with Crippen molar-refractivity contribution in [2.75, 3.05) is 18.5 Å². The van der Waals surface area contributed by atoms with Gasteiger partial charge in [-0.2, -0.15) is 5.26 Å². The summed E-state index contributed by atoms with van der Waals surface area (Å²) < 4.78 is 5.71. The van der Waals surface area contributed by atoms with E-state index < -0.39 is 0 Å². The van der Waals surface area contributed by atoms with Crippen LogP contribution in [-0.4, -0.2) is 24.1 Å². The summed E-state index contributed by atoms with van der Waals surface area (Å²) in [6.07, 6.45) is 16.3. The number of nitrogens with zero attached hydrogens (tertiary/aromatic N) is 3. The van der Waals surface area contributed by atoms with Gasteiger partial charge in [-0.25, -0.2) is 0 Å². The lowest BCUT2D eigenvalue weighted by Crippen LogP contribution is -2.27. The van der Waals surface area contributed by atoms with Crippen LogP contribution >= 0.6 is 0 Å². The van der Waals surface area contributed by atoms with Crippen LogP contribution < -0.4 is 15.4 Å². The van der Waals surface area contributed by atoms with E-state index in [1.54, 1.807) is 12.4 Å². The summed E-state index contributed by atoms with van der Waals surface area (Å²) in [5.41, 5.74) is 0.859. The largest absolute Gasteiger partial charge is 0.494 e. The van der Waals surface area contributed by atoms with E-state index in [-0.39, 0.29) is 0 Å². The lowest BCUT2D eigenvalue weighted by atomic mass is 10.1. The second-order valence-electron chi connectivity index (χ2n) is 7.17. The summed E-state index contributed by atoms with van der Waals surface area (Å²) >= 11 is 0. The molecular formula is C24H33N5O. The Hall–Kier alpha value is -3.07. The third-order valence-corrected chi connectivity index (χ3v) is 4.70. The van der Waals surface area contributed by atoms with Gasteiger partial charge in [0.25, 0.3) is 0 Å². The number of anilines is 1. The number of unbranched alkanes of at least 4 members (excludes halogenated alkanes) is 8. The maximum Gasteiger partial charge on any atom is 0.209 e. The fraction of sp³-hybridized carbons (Fsp3) is 0.458. The lowest BCUT2D eigenvalue weighted by Gasteiger charge is -2.07. The molecule has 1 aromatic heterocycles. The van der Waals surface area contributed by atoms with Crippen LogP contribution in [0.25, 0.3) is 0 Å². The fourth-order valence-corrected chi connectivity index (χ4v) is 3.08. The average Bonchev–Trinajstić information content (AvgIpc) is 2.78. The van der Waals surface area contributed by atoms with Crippen molar-refractivity contribution in [2.24, 2.45) is 4.99 Å². The van der Waals surface area contributed by atoms with Gasteiger partial charge in [0.1, 0.15) is 5.75 Å². The second-order valence-corrected chi connectivity index (χ2v) is 7.17. The highest BCUT2D eigenvalue weighted by Gasteiger charge is 1.99. The van der Waals surface area contributed by atoms with Gasteiger partial charge in [0.15, 0.2) is 6.19 Å². The monoisotopic (exact) mass is 407 g/mol. The minimum absolute atomic E-state index is 0.486. The van der Waals surface area contributed by atoms with Crippen LogP contribution in [0.2, 0.25) is 0 Å². The number of ether oxygens (including phenoxy) is 1. The summed E-state index contributed by atoms with van der Waals surface area (Å²) in [7, 11) is 0. The molecule has 6 heteroatoms. The number of nitriles is 1. The van der Waals surface area contributed by atoms with Gasteiger partial charge in [-0.05, 0) is 37.1 Å². The molecule has 0 saturated carbocycles. The molecule has 0 atom stereocenters. The zero-order chi connectivity index (χ0) is 21.1. The van der Waals surface area contributed by atoms with Crippen LogP contribution in [0.1, 0.15) is 57.8 Å². The molecule has 0 bridgehead atoms. The zero-order valence-corrected chi connectivity index (χ0v) is 17.7. The maximum atomic E-state index is 8.86. The van der Waals surface area contributed by atoms with Gasteiger partial charge in [0.05, 0.1) is 6.61 Å². The van der Waals surface area contributed by atoms with Gasteiger partial charge >= 0.3 is 0 Å². The van der Waals surface area contributed by atoms with Crippen molar-refractivity contribution in [3.05, 3.63) is 54.9 Å². The normalized spacial score (nSPS) is 11.0. The van der Waals surface area contributed by atoms with E-state index in [4.69, 9.17) is 10.00 Å². The molecule has 0 radical (unpaired) electrons. The Kier molecular flexibility index (Phi) is 12.2. The van der Waals surface area contributed by atoms with E-state index in [0.717, 1.165) is 30.9 Å². The third-order valence-electron chi connectivity index (χ3n) is 4.70. The molecule has 2 rings (SSSR count). The summed E-state index contributed by atoms with van der Waals surface area (Å²) in [4.78, 5) is 8.42. The van der Waals surface area contributed by atoms with Crippen LogP contribution in [0.5, 0.6) is 5.75 Å². The SMILES string of the molecule is N#CNC(=NCCCCCCCCCCCOc1ccccc1)Nc1ccncc1. The van der Waals surface area contributed by atoms with Crippen molar-refractivity contribution < 1.29 is 4.74 Å². The van der Waals surface area contributed by atoms with Crippen molar-refractivity contribution in [3.63, 3.8) is 0 Å². The number of nitrogens with one attached hydrogen (secondary N) is 2. The van der Waals surface area contributed by atoms with Gasteiger partial charge in [-0.1, -0.05) is 63.1 Å². The Morgan fingerprint density at radius 3 is 2.17 bits per heavy atom. The Balaban J connectivity index is 1.41. The van der Waals surface area contributed by atoms with Gasteiger partial charge in [0, 0.05) is 24.6 Å². The van der Waals surface area contributed by atoms with E-state index in [1.807, 2.05) is 48.7 Å². The fourth-order valence-electron chi connectivity index (χ4n) is 3.08. The number of rotatable bonds is 14. The van der Waals surface area contributed by atoms with Gasteiger partial charge in [-0.3, -0.25) is 15.3 Å². The lowest BCUT2D eigenvalue weighted by molar-refractivity contribution is 0.304. The predicted molar refractivity (Wildman–Crippen MR) is 122 cm³/mol. The molecule has 0 fully saturated rings. The molecule has 0 spiro atoms. The molecule has 1 aromatic carbocycles. The quantitative estimate of drug-likeness (QED) is 0.142. The van der Waals surface area contributed by atoms with Gasteiger partial charge in [-0.15, -0.1) is 0 Å². The standard InChI is InChI=1S/C24H33N5O/c25-21-28-24(29-22-15-18-26-19-16-22)27-17-11-6-4-2-1-3-5-7-12-20-30-23-13-9-8-10-14-23/h8-10,13-16,18-19H,1-7,11-12,17,20H2,(H2,26,27,28,29). The molecule has 1 heterocycles. The first-order valence-corrected chi connectivity index (χ1v) is 10.9. The predicted octanol–water partition coefficient (Wildman–Crippen LogP) is 5.51. The summed E-state index contributed by atoms with van der Waals surface area (Å²) in [5.74, 6) is 1.45. The number of aromatic nitrogens is 1. The van der Waals surface area contributed by atoms with E-state index in [0.29, 0.717) is 12.5 Å². The number of aliphatic imine (C=N–C) groups is 1. The van der Waals surface area contributed by atoms with Crippen LogP contribution in [0.4, 0.5) is 5.69 Å². The summed E-state index contributed by atoms with van der Waals surface area (Å²) in [5, 5.41) is 14.5. The van der Waals surface area contributed by atoms with Crippen molar-refractivity contribution in [1.29, 1.82) is 5.26 Å². The summed E-state index contributed by atoms with van der Waals surface area (Å²) in [6, 6.07) is 13.7. The highest BCUT2D eigenvalue weighted by atomic mass is 16.5. The zero-order valence-electron chi connectivity index (χ0n) is 17.7. The van der Waals surface area contributed by atoms with Crippen molar-refractivity contribution in [3.8, 4) is 11.9 Å². The topological polar surface area (TPSA) is 82.3 Å². The highest BCUT2D eigenvalue weighted by molar-refractivity contribution is 5.94. The number of hydrogen-bond donors (Lipinski definition) is 2. The molecule has 0 aliphatic heterocycles.